The minimum atomic E-state index is -3.77. The summed E-state index contributed by atoms with van der Waals surface area (Å²) >= 11 is 11.5. The quantitative estimate of drug-likeness (QED) is 0.911. The molecule has 0 saturated carbocycles. The predicted molar refractivity (Wildman–Crippen MR) is 75.9 cm³/mol. The first-order valence-corrected chi connectivity index (χ1v) is 7.31. The molecule has 2 aromatic rings. The molecule has 0 atom stereocenters. The van der Waals surface area contributed by atoms with Crippen molar-refractivity contribution in [3.8, 4) is 0 Å². The smallest absolute Gasteiger partial charge is 0.262 e. The fourth-order valence-corrected chi connectivity index (χ4v) is 3.13. The standard InChI is InChI=1S/C11H9Cl2N3O2S/c12-7-3-8(13)5-10(4-7)19(17,18)16-9-1-2-11(14)15-6-9/h1-6,16H,(H2,14,15). The highest BCUT2D eigenvalue weighted by molar-refractivity contribution is 7.92. The molecule has 3 N–H and O–H groups in total. The molecule has 0 aliphatic rings. The van der Waals surface area contributed by atoms with E-state index in [-0.39, 0.29) is 14.9 Å². The maximum atomic E-state index is 12.1. The van der Waals surface area contributed by atoms with Gasteiger partial charge in [0.25, 0.3) is 10.0 Å². The molecule has 0 fully saturated rings. The predicted octanol–water partition coefficient (Wildman–Crippen LogP) is 2.77. The van der Waals surface area contributed by atoms with E-state index in [1.165, 1.54) is 36.5 Å². The molecule has 0 bridgehead atoms. The molecular formula is C11H9Cl2N3O2S. The number of rotatable bonds is 3. The third-order valence-electron chi connectivity index (χ3n) is 2.18. The van der Waals surface area contributed by atoms with Gasteiger partial charge in [-0.2, -0.15) is 0 Å². The number of nitrogens with zero attached hydrogens (tertiary/aromatic N) is 1. The van der Waals surface area contributed by atoms with E-state index in [2.05, 4.69) is 9.71 Å². The van der Waals surface area contributed by atoms with Gasteiger partial charge >= 0.3 is 0 Å². The lowest BCUT2D eigenvalue weighted by Gasteiger charge is -2.08. The molecule has 0 spiro atoms. The molecule has 19 heavy (non-hydrogen) atoms. The Morgan fingerprint density at radius 1 is 1.11 bits per heavy atom. The number of nitrogens with two attached hydrogens (primary N) is 1. The molecule has 8 heteroatoms. The lowest BCUT2D eigenvalue weighted by atomic mass is 10.4. The largest absolute Gasteiger partial charge is 0.384 e. The van der Waals surface area contributed by atoms with Gasteiger partial charge in [-0.3, -0.25) is 4.72 Å². The molecule has 2 rings (SSSR count). The molecule has 0 saturated heterocycles. The van der Waals surface area contributed by atoms with Crippen LogP contribution in [0.4, 0.5) is 11.5 Å². The number of pyridine rings is 1. The second-order valence-corrected chi connectivity index (χ2v) is 6.24. The van der Waals surface area contributed by atoms with Crippen LogP contribution in [0.2, 0.25) is 10.0 Å². The summed E-state index contributed by atoms with van der Waals surface area (Å²) in [5.74, 6) is 0.300. The average Bonchev–Trinajstić information content (AvgIpc) is 2.31. The summed E-state index contributed by atoms with van der Waals surface area (Å²) < 4.78 is 26.6. The topological polar surface area (TPSA) is 85.1 Å². The van der Waals surface area contributed by atoms with Crippen molar-refractivity contribution in [3.05, 3.63) is 46.6 Å². The highest BCUT2D eigenvalue weighted by Crippen LogP contribution is 2.24. The fourth-order valence-electron chi connectivity index (χ4n) is 1.36. The number of benzene rings is 1. The van der Waals surface area contributed by atoms with E-state index in [0.29, 0.717) is 11.5 Å². The third-order valence-corrected chi connectivity index (χ3v) is 3.98. The van der Waals surface area contributed by atoms with Crippen LogP contribution in [0.3, 0.4) is 0 Å². The van der Waals surface area contributed by atoms with Gasteiger partial charge in [0.05, 0.1) is 16.8 Å². The van der Waals surface area contributed by atoms with Gasteiger partial charge in [-0.1, -0.05) is 23.2 Å². The van der Waals surface area contributed by atoms with Crippen LogP contribution in [0.15, 0.2) is 41.4 Å². The van der Waals surface area contributed by atoms with Crippen molar-refractivity contribution in [2.75, 3.05) is 10.5 Å². The minimum absolute atomic E-state index is 0.0261. The second kappa shape index (κ2) is 5.24. The van der Waals surface area contributed by atoms with Crippen LogP contribution >= 0.6 is 23.2 Å². The molecule has 100 valence electrons. The third kappa shape index (κ3) is 3.50. The molecule has 0 radical (unpaired) electrons. The van der Waals surface area contributed by atoms with Gasteiger partial charge in [0, 0.05) is 10.0 Å². The van der Waals surface area contributed by atoms with Crippen molar-refractivity contribution in [2.24, 2.45) is 0 Å². The molecule has 0 aliphatic carbocycles. The summed E-state index contributed by atoms with van der Waals surface area (Å²) in [6.45, 7) is 0. The van der Waals surface area contributed by atoms with E-state index in [4.69, 9.17) is 28.9 Å². The van der Waals surface area contributed by atoms with Crippen LogP contribution in [-0.2, 0) is 10.0 Å². The Kier molecular flexibility index (Phi) is 3.84. The Morgan fingerprint density at radius 2 is 1.74 bits per heavy atom. The Labute approximate surface area is 120 Å². The summed E-state index contributed by atoms with van der Waals surface area (Å²) in [7, 11) is -3.77. The van der Waals surface area contributed by atoms with Crippen molar-refractivity contribution in [1.82, 2.24) is 4.98 Å². The van der Waals surface area contributed by atoms with Gasteiger partial charge < -0.3 is 5.73 Å². The van der Waals surface area contributed by atoms with Crippen molar-refractivity contribution in [1.29, 1.82) is 0 Å². The van der Waals surface area contributed by atoms with Gasteiger partial charge in [0.15, 0.2) is 0 Å². The Bertz CT molecular complexity index is 682. The minimum Gasteiger partial charge on any atom is -0.384 e. The van der Waals surface area contributed by atoms with Gasteiger partial charge in [0.2, 0.25) is 0 Å². The Balaban J connectivity index is 2.34. The van der Waals surface area contributed by atoms with Gasteiger partial charge in [-0.15, -0.1) is 0 Å². The van der Waals surface area contributed by atoms with Crippen LogP contribution in [0, 0.1) is 0 Å². The van der Waals surface area contributed by atoms with Crippen molar-refractivity contribution in [3.63, 3.8) is 0 Å². The molecule has 1 aromatic heterocycles. The lowest BCUT2D eigenvalue weighted by molar-refractivity contribution is 0.601. The van der Waals surface area contributed by atoms with Crippen LogP contribution < -0.4 is 10.5 Å². The molecule has 5 nitrogen and oxygen atoms in total. The van der Waals surface area contributed by atoms with E-state index in [9.17, 15) is 8.42 Å². The Morgan fingerprint density at radius 3 is 2.26 bits per heavy atom. The molecule has 0 unspecified atom stereocenters. The van der Waals surface area contributed by atoms with Gasteiger partial charge in [-0.05, 0) is 30.3 Å². The summed E-state index contributed by atoms with van der Waals surface area (Å²) in [6, 6.07) is 7.06. The molecule has 1 aromatic carbocycles. The van der Waals surface area contributed by atoms with Gasteiger partial charge in [-0.25, -0.2) is 13.4 Å². The van der Waals surface area contributed by atoms with Gasteiger partial charge in [0.1, 0.15) is 5.82 Å². The number of hydrogen-bond acceptors (Lipinski definition) is 4. The van der Waals surface area contributed by atoms with E-state index < -0.39 is 10.0 Å². The van der Waals surface area contributed by atoms with Crippen LogP contribution in [0.5, 0.6) is 0 Å². The van der Waals surface area contributed by atoms with Crippen molar-refractivity contribution in [2.45, 2.75) is 4.90 Å². The summed E-state index contributed by atoms with van der Waals surface area (Å²) in [5.41, 5.74) is 5.71. The summed E-state index contributed by atoms with van der Waals surface area (Å²) in [6.07, 6.45) is 1.32. The molecule has 0 amide bonds. The second-order valence-electron chi connectivity index (χ2n) is 3.68. The Hall–Kier alpha value is -1.50. The maximum absolute atomic E-state index is 12.1. The SMILES string of the molecule is Nc1ccc(NS(=O)(=O)c2cc(Cl)cc(Cl)c2)cn1. The van der Waals surface area contributed by atoms with E-state index in [0.717, 1.165) is 0 Å². The highest BCUT2D eigenvalue weighted by atomic mass is 35.5. The number of hydrogen-bond donors (Lipinski definition) is 2. The van der Waals surface area contributed by atoms with E-state index in [1.54, 1.807) is 0 Å². The zero-order valence-electron chi connectivity index (χ0n) is 9.47. The van der Waals surface area contributed by atoms with Crippen LogP contribution in [0.1, 0.15) is 0 Å². The molecule has 1 heterocycles. The first kappa shape index (κ1) is 13.9. The molecular weight excluding hydrogens is 309 g/mol. The maximum Gasteiger partial charge on any atom is 0.262 e. The summed E-state index contributed by atoms with van der Waals surface area (Å²) in [5, 5.41) is 0.478. The zero-order valence-corrected chi connectivity index (χ0v) is 11.8. The number of halogens is 2. The summed E-state index contributed by atoms with van der Waals surface area (Å²) in [4.78, 5) is 3.76. The highest BCUT2D eigenvalue weighted by Gasteiger charge is 2.15. The number of nitrogen functional groups attached to an aromatic ring is 1. The normalized spacial score (nSPS) is 11.3. The first-order chi connectivity index (χ1) is 8.87. The van der Waals surface area contributed by atoms with Crippen molar-refractivity contribution >= 4 is 44.7 Å². The molecule has 0 aliphatic heterocycles. The number of aromatic nitrogens is 1. The number of anilines is 2. The monoisotopic (exact) mass is 317 g/mol. The van der Waals surface area contributed by atoms with Crippen LogP contribution in [-0.4, -0.2) is 13.4 Å². The average molecular weight is 318 g/mol. The van der Waals surface area contributed by atoms with Crippen molar-refractivity contribution < 1.29 is 8.42 Å². The number of sulfonamides is 1. The fraction of sp³-hybridized carbons (Fsp3) is 0. The lowest BCUT2D eigenvalue weighted by Crippen LogP contribution is -2.13. The van der Waals surface area contributed by atoms with E-state index >= 15 is 0 Å². The zero-order chi connectivity index (χ0) is 14.0. The van der Waals surface area contributed by atoms with E-state index in [1.807, 2.05) is 0 Å². The number of nitrogens with one attached hydrogen (secondary N) is 1. The first-order valence-electron chi connectivity index (χ1n) is 5.07. The van der Waals surface area contributed by atoms with Crippen LogP contribution in [0.25, 0.3) is 0 Å².